The van der Waals surface area contributed by atoms with Crippen molar-refractivity contribution in [2.45, 2.75) is 85.4 Å². The minimum atomic E-state index is -1.24. The molecule has 0 unspecified atom stereocenters. The standard InChI is InChI=1S/C27H43N5O7/c1-16(2)15-18-10-12-19(13-11-18)30-25(36)38-23(34)20(9-8-14-29-24(28)35)31-22(33)21(17(3)4)32-26(37)39-27(5,6)7/h10-13,16-17,20-21H,8-9,14-15H2,1-7H3,(H,30,36)(H,31,33)(H,32,37)(H3,28,29,35)/t20-,21-/m0/s1. The number of rotatable bonds is 12. The molecular formula is C27H43N5O7. The molecule has 0 aliphatic carbocycles. The summed E-state index contributed by atoms with van der Waals surface area (Å²) in [6.07, 6.45) is -0.652. The molecule has 0 fully saturated rings. The zero-order chi connectivity index (χ0) is 29.8. The molecule has 0 aromatic heterocycles. The van der Waals surface area contributed by atoms with Gasteiger partial charge >= 0.3 is 24.2 Å². The number of urea groups is 1. The van der Waals surface area contributed by atoms with Crippen LogP contribution in [0.25, 0.3) is 0 Å². The fourth-order valence-corrected chi connectivity index (χ4v) is 3.50. The zero-order valence-corrected chi connectivity index (χ0v) is 23.9. The molecule has 0 heterocycles. The lowest BCUT2D eigenvalue weighted by Crippen LogP contribution is -2.54. The van der Waals surface area contributed by atoms with Crippen LogP contribution in [0.15, 0.2) is 24.3 Å². The van der Waals surface area contributed by atoms with E-state index < -0.39 is 47.8 Å². The minimum absolute atomic E-state index is 0.0271. The molecule has 2 atom stereocenters. The number of ether oxygens (including phenoxy) is 2. The summed E-state index contributed by atoms with van der Waals surface area (Å²) in [6, 6.07) is 4.14. The van der Waals surface area contributed by atoms with Gasteiger partial charge in [0.2, 0.25) is 5.91 Å². The van der Waals surface area contributed by atoms with Crippen LogP contribution in [0.3, 0.4) is 0 Å². The first-order chi connectivity index (χ1) is 18.1. The summed E-state index contributed by atoms with van der Waals surface area (Å²) in [5.41, 5.74) is 5.84. The first kappa shape index (κ1) is 33.2. The number of amides is 5. The molecule has 0 radical (unpaired) electrons. The Hall–Kier alpha value is -3.83. The van der Waals surface area contributed by atoms with Crippen LogP contribution in [0.2, 0.25) is 0 Å². The third kappa shape index (κ3) is 14.0. The fraction of sp³-hybridized carbons (Fsp3) is 0.593. The second-order valence-electron chi connectivity index (χ2n) is 11.0. The van der Waals surface area contributed by atoms with E-state index in [2.05, 4.69) is 35.1 Å². The van der Waals surface area contributed by atoms with E-state index in [4.69, 9.17) is 15.2 Å². The van der Waals surface area contributed by atoms with Crippen molar-refractivity contribution in [1.29, 1.82) is 0 Å². The molecule has 218 valence electrons. The van der Waals surface area contributed by atoms with Crippen LogP contribution in [-0.2, 0) is 25.5 Å². The Morgan fingerprint density at radius 1 is 0.923 bits per heavy atom. The largest absolute Gasteiger partial charge is 0.444 e. The number of esters is 1. The van der Waals surface area contributed by atoms with E-state index in [1.807, 2.05) is 12.1 Å². The topological polar surface area (TPSA) is 178 Å². The summed E-state index contributed by atoms with van der Waals surface area (Å²) in [6.45, 7) is 12.8. The fourth-order valence-electron chi connectivity index (χ4n) is 3.50. The normalized spacial score (nSPS) is 12.7. The highest BCUT2D eigenvalue weighted by Gasteiger charge is 2.31. The molecule has 1 aromatic rings. The number of hydrogen-bond acceptors (Lipinski definition) is 7. The number of alkyl carbamates (subject to hydrolysis) is 1. The average Bonchev–Trinajstić information content (AvgIpc) is 2.78. The maximum Gasteiger partial charge on any atom is 0.419 e. The Bertz CT molecular complexity index is 987. The summed E-state index contributed by atoms with van der Waals surface area (Å²) in [7, 11) is 0. The summed E-state index contributed by atoms with van der Waals surface area (Å²) >= 11 is 0. The van der Waals surface area contributed by atoms with Crippen molar-refractivity contribution in [1.82, 2.24) is 16.0 Å². The molecule has 0 saturated heterocycles. The number of hydrogen-bond donors (Lipinski definition) is 5. The van der Waals surface area contributed by atoms with Crippen LogP contribution in [0.1, 0.15) is 66.9 Å². The average molecular weight is 550 g/mol. The Morgan fingerprint density at radius 2 is 1.54 bits per heavy atom. The second-order valence-corrected chi connectivity index (χ2v) is 11.0. The van der Waals surface area contributed by atoms with Crippen LogP contribution >= 0.6 is 0 Å². The summed E-state index contributed by atoms with van der Waals surface area (Å²) in [5.74, 6) is -1.54. The van der Waals surface area contributed by atoms with Gasteiger partial charge in [0, 0.05) is 12.2 Å². The molecule has 39 heavy (non-hydrogen) atoms. The molecule has 1 rings (SSSR count). The Kier molecular flexibility index (Phi) is 13.2. The van der Waals surface area contributed by atoms with Crippen molar-refractivity contribution < 1.29 is 33.4 Å². The summed E-state index contributed by atoms with van der Waals surface area (Å²) < 4.78 is 10.2. The molecule has 1 aromatic carbocycles. The van der Waals surface area contributed by atoms with Crippen molar-refractivity contribution >= 4 is 35.8 Å². The molecule has 12 nitrogen and oxygen atoms in total. The molecule has 12 heteroatoms. The van der Waals surface area contributed by atoms with Crippen LogP contribution in [0.5, 0.6) is 0 Å². The van der Waals surface area contributed by atoms with Gasteiger partial charge in [0.05, 0.1) is 0 Å². The van der Waals surface area contributed by atoms with E-state index in [0.29, 0.717) is 11.6 Å². The number of nitrogens with two attached hydrogens (primary N) is 1. The number of benzene rings is 1. The number of carbonyl (C=O) groups excluding carboxylic acids is 5. The van der Waals surface area contributed by atoms with Gasteiger partial charge in [0.15, 0.2) is 0 Å². The van der Waals surface area contributed by atoms with Gasteiger partial charge in [-0.25, -0.2) is 19.2 Å². The van der Waals surface area contributed by atoms with Crippen LogP contribution < -0.4 is 27.0 Å². The van der Waals surface area contributed by atoms with Gasteiger partial charge < -0.3 is 31.2 Å². The maximum absolute atomic E-state index is 13.0. The van der Waals surface area contributed by atoms with Crippen molar-refractivity contribution in [3.63, 3.8) is 0 Å². The molecule has 0 aliphatic rings. The molecule has 5 amide bonds. The first-order valence-electron chi connectivity index (χ1n) is 13.0. The van der Waals surface area contributed by atoms with Crippen molar-refractivity contribution in [2.24, 2.45) is 17.6 Å². The monoisotopic (exact) mass is 549 g/mol. The van der Waals surface area contributed by atoms with Gasteiger partial charge in [-0.3, -0.25) is 10.1 Å². The van der Waals surface area contributed by atoms with E-state index in [-0.39, 0.29) is 25.3 Å². The first-order valence-corrected chi connectivity index (χ1v) is 13.0. The number of primary amides is 1. The van der Waals surface area contributed by atoms with E-state index in [0.717, 1.165) is 12.0 Å². The molecular weight excluding hydrogens is 506 g/mol. The van der Waals surface area contributed by atoms with Gasteiger partial charge in [0.25, 0.3) is 0 Å². The Labute approximate surface area is 230 Å². The summed E-state index contributed by atoms with van der Waals surface area (Å²) in [4.78, 5) is 61.5. The highest BCUT2D eigenvalue weighted by atomic mass is 16.6. The van der Waals surface area contributed by atoms with Gasteiger partial charge in [-0.1, -0.05) is 39.8 Å². The molecule has 0 saturated carbocycles. The SMILES string of the molecule is CC(C)Cc1ccc(NC(=O)OC(=O)[C@H](CCCNC(N)=O)NC(=O)[C@@H](NC(=O)OC(C)(C)C)C(C)C)cc1. The maximum atomic E-state index is 13.0. The van der Waals surface area contributed by atoms with Crippen molar-refractivity contribution in [2.75, 3.05) is 11.9 Å². The van der Waals surface area contributed by atoms with E-state index in [1.54, 1.807) is 46.8 Å². The number of carbonyl (C=O) groups is 5. The molecule has 0 spiro atoms. The Balaban J connectivity index is 2.90. The molecule has 0 bridgehead atoms. The predicted molar refractivity (Wildman–Crippen MR) is 147 cm³/mol. The van der Waals surface area contributed by atoms with Gasteiger partial charge in [-0.2, -0.15) is 0 Å². The van der Waals surface area contributed by atoms with Crippen LogP contribution in [0.4, 0.5) is 20.1 Å². The number of nitrogens with one attached hydrogen (secondary N) is 4. The quantitative estimate of drug-likeness (QED) is 0.150. The van der Waals surface area contributed by atoms with Crippen molar-refractivity contribution in [3.8, 4) is 0 Å². The van der Waals surface area contributed by atoms with Gasteiger partial charge in [-0.15, -0.1) is 0 Å². The number of anilines is 1. The van der Waals surface area contributed by atoms with Crippen LogP contribution in [-0.4, -0.2) is 54.3 Å². The minimum Gasteiger partial charge on any atom is -0.444 e. The second kappa shape index (κ2) is 15.6. The smallest absolute Gasteiger partial charge is 0.419 e. The van der Waals surface area contributed by atoms with E-state index in [9.17, 15) is 24.0 Å². The molecule has 6 N–H and O–H groups in total. The Morgan fingerprint density at radius 3 is 2.05 bits per heavy atom. The van der Waals surface area contributed by atoms with E-state index in [1.165, 1.54) is 0 Å². The summed E-state index contributed by atoms with van der Waals surface area (Å²) in [5, 5.41) is 9.94. The zero-order valence-electron chi connectivity index (χ0n) is 23.9. The lowest BCUT2D eigenvalue weighted by Gasteiger charge is -2.26. The predicted octanol–water partition coefficient (Wildman–Crippen LogP) is 3.44. The lowest BCUT2D eigenvalue weighted by atomic mass is 10.0. The van der Waals surface area contributed by atoms with E-state index >= 15 is 0 Å². The third-order valence-corrected chi connectivity index (χ3v) is 5.23. The van der Waals surface area contributed by atoms with Crippen LogP contribution in [0, 0.1) is 11.8 Å². The highest BCUT2D eigenvalue weighted by Crippen LogP contribution is 2.14. The lowest BCUT2D eigenvalue weighted by molar-refractivity contribution is -0.142. The van der Waals surface area contributed by atoms with Gasteiger partial charge in [0.1, 0.15) is 17.7 Å². The molecule has 0 aliphatic heterocycles. The van der Waals surface area contributed by atoms with Crippen molar-refractivity contribution in [3.05, 3.63) is 29.8 Å². The third-order valence-electron chi connectivity index (χ3n) is 5.23. The van der Waals surface area contributed by atoms with Gasteiger partial charge in [-0.05, 0) is 69.6 Å². The highest BCUT2D eigenvalue weighted by molar-refractivity contribution is 5.96.